The molecule has 1 aromatic heterocycles. The Hall–Kier alpha value is -4.83. The minimum atomic E-state index is -1.17. The molecule has 1 atom stereocenters. The van der Waals surface area contributed by atoms with E-state index in [0.29, 0.717) is 22.7 Å². The normalized spacial score (nSPS) is 11.1. The van der Waals surface area contributed by atoms with Gasteiger partial charge in [-0.15, -0.1) is 0 Å². The second kappa shape index (κ2) is 10.4. The van der Waals surface area contributed by atoms with Crippen molar-refractivity contribution in [2.75, 3.05) is 5.32 Å². The Morgan fingerprint density at radius 1 is 0.943 bits per heavy atom. The number of aliphatic carboxylic acids is 1. The maximum atomic E-state index is 12.5. The van der Waals surface area contributed by atoms with Crippen molar-refractivity contribution >= 4 is 17.7 Å². The average molecular weight is 466 g/mol. The summed E-state index contributed by atoms with van der Waals surface area (Å²) in [7, 11) is 0. The van der Waals surface area contributed by atoms with Gasteiger partial charge in [0.25, 0.3) is 0 Å². The highest BCUT2D eigenvalue weighted by Gasteiger charge is 2.20. The Balaban J connectivity index is 1.48. The Bertz CT molecular complexity index is 1400. The second-order valence-electron chi connectivity index (χ2n) is 7.77. The molecule has 0 bridgehead atoms. The Labute approximate surface area is 202 Å². The van der Waals surface area contributed by atoms with Crippen LogP contribution in [0.3, 0.4) is 0 Å². The quantitative estimate of drug-likeness (QED) is 0.347. The molecule has 0 saturated carbocycles. The molecule has 35 heavy (non-hydrogen) atoms. The smallest absolute Gasteiger partial charge is 0.412 e. The SMILES string of the molecule is Cc1noc(-c2ccc(-c3ccc(C#CC(=O)O)cc3)cc2)c1NC(=O)OC(C)c1ccccc1. The lowest BCUT2D eigenvalue weighted by Crippen LogP contribution is -2.16. The number of carboxylic acids is 1. The van der Waals surface area contributed by atoms with Crippen molar-refractivity contribution < 1.29 is 24.0 Å². The predicted octanol–water partition coefficient (Wildman–Crippen LogP) is 6.06. The average Bonchev–Trinajstić information content (AvgIpc) is 3.23. The number of carbonyl (C=O) groups excluding carboxylic acids is 1. The lowest BCUT2D eigenvalue weighted by molar-refractivity contribution is -0.130. The summed E-state index contributed by atoms with van der Waals surface area (Å²) in [5.74, 6) is 3.94. The summed E-state index contributed by atoms with van der Waals surface area (Å²) in [5.41, 5.74) is 5.13. The molecule has 4 aromatic rings. The van der Waals surface area contributed by atoms with Crippen LogP contribution < -0.4 is 5.32 Å². The van der Waals surface area contributed by atoms with Crippen molar-refractivity contribution in [2.24, 2.45) is 0 Å². The molecule has 0 radical (unpaired) electrons. The summed E-state index contributed by atoms with van der Waals surface area (Å²) in [6.07, 6.45) is -1.02. The molecule has 1 unspecified atom stereocenters. The minimum Gasteiger partial charge on any atom is -0.472 e. The summed E-state index contributed by atoms with van der Waals surface area (Å²) < 4.78 is 11.0. The Morgan fingerprint density at radius 2 is 1.54 bits per heavy atom. The zero-order valence-corrected chi connectivity index (χ0v) is 19.1. The number of rotatable bonds is 5. The van der Waals surface area contributed by atoms with E-state index in [0.717, 1.165) is 22.3 Å². The second-order valence-corrected chi connectivity index (χ2v) is 7.77. The third kappa shape index (κ3) is 5.75. The third-order valence-corrected chi connectivity index (χ3v) is 5.32. The van der Waals surface area contributed by atoms with Gasteiger partial charge < -0.3 is 14.4 Å². The number of anilines is 1. The highest BCUT2D eigenvalue weighted by atomic mass is 16.6. The molecular weight excluding hydrogens is 444 g/mol. The Kier molecular flexibility index (Phi) is 6.94. The van der Waals surface area contributed by atoms with Gasteiger partial charge in [-0.1, -0.05) is 77.8 Å². The fourth-order valence-electron chi connectivity index (χ4n) is 3.48. The molecule has 1 amide bonds. The summed E-state index contributed by atoms with van der Waals surface area (Å²) >= 11 is 0. The van der Waals surface area contributed by atoms with Crippen LogP contribution in [0.1, 0.15) is 29.8 Å². The largest absolute Gasteiger partial charge is 0.472 e. The molecule has 0 fully saturated rings. The van der Waals surface area contributed by atoms with E-state index in [1.807, 2.05) is 66.7 Å². The molecule has 1 heterocycles. The number of nitrogens with zero attached hydrogens (tertiary/aromatic N) is 1. The molecule has 0 spiro atoms. The molecule has 4 rings (SSSR count). The number of hydrogen-bond donors (Lipinski definition) is 2. The number of nitrogens with one attached hydrogen (secondary N) is 1. The van der Waals surface area contributed by atoms with Crippen molar-refractivity contribution in [1.29, 1.82) is 0 Å². The zero-order valence-electron chi connectivity index (χ0n) is 19.1. The molecule has 0 aliphatic carbocycles. The van der Waals surface area contributed by atoms with Gasteiger partial charge in [0.05, 0.1) is 0 Å². The van der Waals surface area contributed by atoms with Crippen LogP contribution in [0.4, 0.5) is 10.5 Å². The molecule has 7 nitrogen and oxygen atoms in total. The third-order valence-electron chi connectivity index (χ3n) is 5.32. The lowest BCUT2D eigenvalue weighted by Gasteiger charge is -2.14. The van der Waals surface area contributed by atoms with Gasteiger partial charge in [0.1, 0.15) is 17.5 Å². The number of carbonyl (C=O) groups is 2. The highest BCUT2D eigenvalue weighted by Crippen LogP contribution is 2.33. The summed E-state index contributed by atoms with van der Waals surface area (Å²) in [6, 6.07) is 24.3. The first-order chi connectivity index (χ1) is 16.9. The topological polar surface area (TPSA) is 102 Å². The van der Waals surface area contributed by atoms with E-state index in [1.165, 1.54) is 0 Å². The number of ether oxygens (including phenoxy) is 1. The fourth-order valence-corrected chi connectivity index (χ4v) is 3.48. The van der Waals surface area contributed by atoms with Gasteiger partial charge in [0.2, 0.25) is 0 Å². The van der Waals surface area contributed by atoms with Gasteiger partial charge in [-0.3, -0.25) is 5.32 Å². The van der Waals surface area contributed by atoms with E-state index >= 15 is 0 Å². The van der Waals surface area contributed by atoms with Crippen molar-refractivity contribution in [3.63, 3.8) is 0 Å². The van der Waals surface area contributed by atoms with Crippen LogP contribution in [0, 0.1) is 18.8 Å². The van der Waals surface area contributed by atoms with Gasteiger partial charge in [-0.2, -0.15) is 0 Å². The van der Waals surface area contributed by atoms with E-state index in [9.17, 15) is 9.59 Å². The van der Waals surface area contributed by atoms with Crippen molar-refractivity contribution in [2.45, 2.75) is 20.0 Å². The molecule has 0 aliphatic heterocycles. The summed E-state index contributed by atoms with van der Waals surface area (Å²) in [4.78, 5) is 23.1. The van der Waals surface area contributed by atoms with Crippen LogP contribution in [0.2, 0.25) is 0 Å². The Morgan fingerprint density at radius 3 is 2.17 bits per heavy atom. The van der Waals surface area contributed by atoms with Gasteiger partial charge in [-0.25, -0.2) is 9.59 Å². The first-order valence-corrected chi connectivity index (χ1v) is 10.9. The zero-order chi connectivity index (χ0) is 24.8. The molecule has 7 heteroatoms. The first kappa shape index (κ1) is 23.3. The van der Waals surface area contributed by atoms with Gasteiger partial charge >= 0.3 is 12.1 Å². The van der Waals surface area contributed by atoms with E-state index in [-0.39, 0.29) is 0 Å². The first-order valence-electron chi connectivity index (χ1n) is 10.9. The van der Waals surface area contributed by atoms with E-state index < -0.39 is 18.2 Å². The standard InChI is InChI=1S/C28H22N2O5/c1-18-26(29-28(33)34-19(2)21-6-4-3-5-7-21)27(35-30-18)24-15-13-23(14-16-24)22-11-8-20(9-12-22)10-17-25(31)32/h3-9,11-16,19H,1-2H3,(H,29,33)(H,31,32). The maximum absolute atomic E-state index is 12.5. The highest BCUT2D eigenvalue weighted by molar-refractivity contribution is 5.91. The molecule has 174 valence electrons. The van der Waals surface area contributed by atoms with Crippen LogP contribution in [-0.2, 0) is 9.53 Å². The molecule has 0 aliphatic rings. The van der Waals surface area contributed by atoms with Crippen molar-refractivity contribution in [1.82, 2.24) is 5.16 Å². The van der Waals surface area contributed by atoms with Crippen molar-refractivity contribution in [3.05, 3.63) is 95.7 Å². The summed E-state index contributed by atoms with van der Waals surface area (Å²) in [6.45, 7) is 3.55. The maximum Gasteiger partial charge on any atom is 0.412 e. The van der Waals surface area contributed by atoms with Gasteiger partial charge in [0, 0.05) is 17.0 Å². The van der Waals surface area contributed by atoms with Crippen LogP contribution in [-0.4, -0.2) is 22.3 Å². The number of benzene rings is 3. The number of amides is 1. The van der Waals surface area contributed by atoms with Crippen LogP contribution in [0.15, 0.2) is 83.4 Å². The number of aryl methyl sites for hydroxylation is 1. The summed E-state index contributed by atoms with van der Waals surface area (Å²) in [5, 5.41) is 15.4. The van der Waals surface area contributed by atoms with Crippen LogP contribution >= 0.6 is 0 Å². The monoisotopic (exact) mass is 466 g/mol. The predicted molar refractivity (Wildman–Crippen MR) is 132 cm³/mol. The molecular formula is C28H22N2O5. The number of carboxylic acid groups (broad SMARTS) is 1. The fraction of sp³-hybridized carbons (Fsp3) is 0.107. The van der Waals surface area contributed by atoms with Crippen LogP contribution in [0.5, 0.6) is 0 Å². The van der Waals surface area contributed by atoms with Crippen molar-refractivity contribution in [3.8, 4) is 34.3 Å². The number of hydrogen-bond acceptors (Lipinski definition) is 5. The lowest BCUT2D eigenvalue weighted by atomic mass is 10.0. The van der Waals surface area contributed by atoms with E-state index in [2.05, 4.69) is 22.3 Å². The van der Waals surface area contributed by atoms with Crippen LogP contribution in [0.25, 0.3) is 22.5 Å². The van der Waals surface area contributed by atoms with Gasteiger partial charge in [-0.05, 0) is 42.7 Å². The molecule has 0 saturated heterocycles. The molecule has 3 aromatic carbocycles. The van der Waals surface area contributed by atoms with Gasteiger partial charge in [0.15, 0.2) is 5.76 Å². The van der Waals surface area contributed by atoms with E-state index in [1.54, 1.807) is 26.0 Å². The number of aromatic nitrogens is 1. The minimum absolute atomic E-state index is 0.416. The van der Waals surface area contributed by atoms with E-state index in [4.69, 9.17) is 14.4 Å². The molecule has 2 N–H and O–H groups in total.